The van der Waals surface area contributed by atoms with Crippen molar-refractivity contribution in [2.45, 2.75) is 0 Å². The molecule has 0 amide bonds. The minimum Gasteiger partial charge on any atom is -0.104 e. The minimum absolute atomic E-state index is 1.27. The van der Waals surface area contributed by atoms with Gasteiger partial charge >= 0.3 is 0 Å². The smallest absolute Gasteiger partial charge is 0.0208 e. The van der Waals surface area contributed by atoms with Gasteiger partial charge in [-0.2, -0.15) is 0 Å². The van der Waals surface area contributed by atoms with Gasteiger partial charge in [-0.05, 0) is 67.9 Å². The number of rotatable bonds is 0. The molecule has 2 atom stereocenters. The molecule has 2 unspecified atom stereocenters. The zero-order valence-corrected chi connectivity index (χ0v) is 11.7. The first-order chi connectivity index (χ1) is 4.61. The molecular weight excluding hydrogens is 388 g/mol. The van der Waals surface area contributed by atoms with Crippen molar-refractivity contribution < 1.29 is 0 Å². The van der Waals surface area contributed by atoms with Crippen LogP contribution >= 0.6 is 63.7 Å². The zero-order chi connectivity index (χ0) is 7.72. The molecule has 1 rings (SSSR count). The Hall–Kier alpha value is 1.54. The van der Waals surface area contributed by atoms with E-state index in [4.69, 9.17) is 0 Å². The van der Waals surface area contributed by atoms with Crippen LogP contribution in [0.5, 0.6) is 0 Å². The first kappa shape index (κ1) is 9.63. The predicted octanol–water partition coefficient (Wildman–Crippen LogP) is 1.90. The molecule has 0 bridgehead atoms. The molecule has 0 aliphatic heterocycles. The molecule has 0 radical (unpaired) electrons. The lowest BCUT2D eigenvalue weighted by atomic mass is 10.4. The summed E-state index contributed by atoms with van der Waals surface area (Å²) in [6.45, 7) is 0. The minimum atomic E-state index is 1.27. The van der Waals surface area contributed by atoms with E-state index in [2.05, 4.69) is 75.8 Å². The normalized spacial score (nSPS) is 10.0. The maximum absolute atomic E-state index is 2.72. The first-order valence-corrected chi connectivity index (χ1v) is 5.92. The number of hydrogen-bond donors (Lipinski definition) is 0. The van der Waals surface area contributed by atoms with E-state index in [1.54, 1.807) is 0 Å². The van der Waals surface area contributed by atoms with E-state index in [1.807, 2.05) is 0 Å². The highest BCUT2D eigenvalue weighted by molar-refractivity contribution is 14.1. The summed E-state index contributed by atoms with van der Waals surface area (Å²) >= 11 is 4.66. The van der Waals surface area contributed by atoms with Crippen LogP contribution in [0.4, 0.5) is 0 Å². The van der Waals surface area contributed by atoms with Crippen LogP contribution in [0, 0.1) is 7.14 Å². The van der Waals surface area contributed by atoms with Gasteiger partial charge in [-0.3, -0.25) is 0 Å². The molecular formula is C6H6I2P2. The van der Waals surface area contributed by atoms with E-state index in [1.165, 1.54) is 17.7 Å². The van der Waals surface area contributed by atoms with Gasteiger partial charge in [0.25, 0.3) is 0 Å². The summed E-state index contributed by atoms with van der Waals surface area (Å²) in [7, 11) is 5.44. The highest BCUT2D eigenvalue weighted by Gasteiger charge is 1.98. The molecule has 1 aromatic rings. The van der Waals surface area contributed by atoms with Gasteiger partial charge in [-0.25, -0.2) is 0 Å². The van der Waals surface area contributed by atoms with Crippen molar-refractivity contribution in [2.75, 3.05) is 0 Å². The van der Waals surface area contributed by atoms with Crippen molar-refractivity contribution in [3.05, 3.63) is 19.3 Å². The van der Waals surface area contributed by atoms with Crippen LogP contribution in [0.3, 0.4) is 0 Å². The largest absolute Gasteiger partial charge is 0.104 e. The lowest BCUT2D eigenvalue weighted by Gasteiger charge is -2.01. The molecule has 54 valence electrons. The number of hydrogen-bond acceptors (Lipinski definition) is 0. The molecule has 0 spiro atoms. The molecule has 0 N–H and O–H groups in total. The molecule has 10 heavy (non-hydrogen) atoms. The second-order valence-electron chi connectivity index (χ2n) is 1.90. The van der Waals surface area contributed by atoms with Crippen molar-refractivity contribution in [2.24, 2.45) is 0 Å². The fourth-order valence-electron chi connectivity index (χ4n) is 0.578. The average molecular weight is 394 g/mol. The van der Waals surface area contributed by atoms with E-state index in [0.717, 1.165) is 0 Å². The van der Waals surface area contributed by atoms with E-state index >= 15 is 0 Å². The topological polar surface area (TPSA) is 0 Å². The van der Waals surface area contributed by atoms with E-state index < -0.39 is 0 Å². The zero-order valence-electron chi connectivity index (χ0n) is 5.07. The third-order valence-corrected chi connectivity index (χ3v) is 5.11. The average Bonchev–Trinajstić information content (AvgIpc) is 1.84. The van der Waals surface area contributed by atoms with E-state index in [-0.39, 0.29) is 0 Å². The summed E-state index contributed by atoms with van der Waals surface area (Å²) in [6, 6.07) is 4.32. The molecule has 0 fully saturated rings. The third kappa shape index (κ3) is 2.26. The molecule has 0 heterocycles. The predicted molar refractivity (Wildman–Crippen MR) is 70.6 cm³/mol. The Morgan fingerprint density at radius 3 is 1.50 bits per heavy atom. The maximum Gasteiger partial charge on any atom is 0.0208 e. The van der Waals surface area contributed by atoms with Crippen LogP contribution in [0.2, 0.25) is 0 Å². The van der Waals surface area contributed by atoms with Gasteiger partial charge < -0.3 is 0 Å². The summed E-state index contributed by atoms with van der Waals surface area (Å²) < 4.78 is 2.60. The first-order valence-electron chi connectivity index (χ1n) is 2.61. The van der Waals surface area contributed by atoms with Crippen LogP contribution in [0.25, 0.3) is 0 Å². The molecule has 0 aromatic heterocycles. The van der Waals surface area contributed by atoms with Crippen molar-refractivity contribution in [3.8, 4) is 0 Å². The van der Waals surface area contributed by atoms with Crippen molar-refractivity contribution in [1.29, 1.82) is 0 Å². The maximum atomic E-state index is 2.72. The van der Waals surface area contributed by atoms with E-state index in [9.17, 15) is 0 Å². The number of benzene rings is 1. The van der Waals surface area contributed by atoms with Gasteiger partial charge in [0, 0.05) is 7.14 Å². The van der Waals surface area contributed by atoms with Gasteiger partial charge in [0.05, 0.1) is 0 Å². The fourth-order valence-corrected chi connectivity index (χ4v) is 2.74. The quantitative estimate of drug-likeness (QED) is 0.466. The Bertz CT molecular complexity index is 210. The molecule has 0 saturated carbocycles. The lowest BCUT2D eigenvalue weighted by Crippen LogP contribution is -2.06. The molecule has 0 aliphatic carbocycles. The highest BCUT2D eigenvalue weighted by atomic mass is 127. The second kappa shape index (κ2) is 3.97. The Labute approximate surface area is 92.6 Å². The summed E-state index contributed by atoms with van der Waals surface area (Å²) in [5, 5.41) is 2.55. The van der Waals surface area contributed by atoms with Crippen LogP contribution in [0.15, 0.2) is 12.1 Å². The monoisotopic (exact) mass is 394 g/mol. The van der Waals surface area contributed by atoms with Crippen LogP contribution < -0.4 is 10.6 Å². The van der Waals surface area contributed by atoms with Crippen molar-refractivity contribution in [1.82, 2.24) is 0 Å². The molecule has 0 nitrogen and oxygen atoms in total. The molecule has 4 heteroatoms. The Morgan fingerprint density at radius 2 is 1.20 bits per heavy atom. The van der Waals surface area contributed by atoms with Gasteiger partial charge in [0.2, 0.25) is 0 Å². The molecule has 0 saturated heterocycles. The lowest BCUT2D eigenvalue weighted by molar-refractivity contribution is 1.73. The standard InChI is InChI=1S/C6H6I2P2/c7-3-1-5(9)4(8)2-6(3)10/h1-2H,9-10H2. The Morgan fingerprint density at radius 1 is 0.900 bits per heavy atom. The van der Waals surface area contributed by atoms with Crippen molar-refractivity contribution in [3.63, 3.8) is 0 Å². The Balaban J connectivity index is 3.28. The fraction of sp³-hybridized carbons (Fsp3) is 0. The molecule has 0 aliphatic rings. The van der Waals surface area contributed by atoms with Gasteiger partial charge in [-0.1, -0.05) is 0 Å². The number of halogens is 2. The third-order valence-electron chi connectivity index (χ3n) is 1.12. The van der Waals surface area contributed by atoms with Gasteiger partial charge in [0.1, 0.15) is 0 Å². The summed E-state index contributed by atoms with van der Waals surface area (Å²) in [6.07, 6.45) is 0. The Kier molecular flexibility index (Phi) is 3.82. The second-order valence-corrected chi connectivity index (χ2v) is 5.46. The van der Waals surface area contributed by atoms with Crippen molar-refractivity contribution >= 4 is 74.3 Å². The summed E-state index contributed by atoms with van der Waals surface area (Å²) in [4.78, 5) is 0. The SMILES string of the molecule is Pc1cc(I)c(P)cc1I. The summed E-state index contributed by atoms with van der Waals surface area (Å²) in [5.41, 5.74) is 0. The van der Waals surface area contributed by atoms with E-state index in [0.29, 0.717) is 0 Å². The van der Waals surface area contributed by atoms with Gasteiger partial charge in [-0.15, -0.1) is 18.5 Å². The van der Waals surface area contributed by atoms with Crippen LogP contribution in [0.1, 0.15) is 0 Å². The van der Waals surface area contributed by atoms with Gasteiger partial charge in [0.15, 0.2) is 0 Å². The van der Waals surface area contributed by atoms with Crippen LogP contribution in [-0.4, -0.2) is 0 Å². The van der Waals surface area contributed by atoms with Crippen LogP contribution in [-0.2, 0) is 0 Å². The highest BCUT2D eigenvalue weighted by Crippen LogP contribution is 2.10. The molecule has 1 aromatic carbocycles. The summed E-state index contributed by atoms with van der Waals surface area (Å²) in [5.74, 6) is 0.